The highest BCUT2D eigenvalue weighted by Crippen LogP contribution is 2.22. The molecule has 0 spiro atoms. The Morgan fingerprint density at radius 3 is 1.88 bits per heavy atom. The van der Waals surface area contributed by atoms with E-state index in [4.69, 9.17) is 0 Å². The fourth-order valence-electron chi connectivity index (χ4n) is 0.182. The van der Waals surface area contributed by atoms with Gasteiger partial charge >= 0.3 is 6.18 Å². The average molecular weight is 148 g/mol. The maximum atomic E-state index is 11.0. The van der Waals surface area contributed by atoms with E-state index in [1.54, 1.807) is 0 Å². The van der Waals surface area contributed by atoms with Crippen LogP contribution in [0.4, 0.5) is 13.2 Å². The van der Waals surface area contributed by atoms with Gasteiger partial charge in [-0.15, -0.1) is 0 Å². The fourth-order valence-corrected chi connectivity index (χ4v) is 0.357. The Hall–Kier alpha value is 0.0400. The first-order valence-corrected chi connectivity index (χ1v) is 2.22. The first-order chi connectivity index (χ1) is 3.42. The van der Waals surface area contributed by atoms with Crippen molar-refractivity contribution < 1.29 is 18.3 Å². The molecule has 49 valence electrons. The minimum Gasteiger partial charge on any atom is -0.215 e. The molecular formula is C3H3ClF3O. The lowest BCUT2D eigenvalue weighted by molar-refractivity contribution is -0.149. The van der Waals surface area contributed by atoms with Gasteiger partial charge < -0.3 is 0 Å². The molecular weight excluding hydrogens is 144 g/mol. The summed E-state index contributed by atoms with van der Waals surface area (Å²) in [7, 11) is 0. The van der Waals surface area contributed by atoms with Crippen LogP contribution in [0.1, 0.15) is 6.42 Å². The first-order valence-electron chi connectivity index (χ1n) is 1.78. The van der Waals surface area contributed by atoms with Crippen LogP contribution in [0.25, 0.3) is 0 Å². The van der Waals surface area contributed by atoms with E-state index in [0.29, 0.717) is 0 Å². The molecule has 0 aromatic carbocycles. The molecule has 0 aromatic heterocycles. The van der Waals surface area contributed by atoms with E-state index in [0.717, 1.165) is 0 Å². The maximum Gasteiger partial charge on any atom is 0.392 e. The molecule has 0 heterocycles. The van der Waals surface area contributed by atoms with Gasteiger partial charge in [-0.2, -0.15) is 13.2 Å². The van der Waals surface area contributed by atoms with Crippen molar-refractivity contribution in [1.82, 2.24) is 0 Å². The molecule has 1 nitrogen and oxygen atoms in total. The number of hydrogen-bond acceptors (Lipinski definition) is 0. The normalized spacial score (nSPS) is 16.1. The summed E-state index contributed by atoms with van der Waals surface area (Å²) in [5.74, 6) is 0. The van der Waals surface area contributed by atoms with Gasteiger partial charge in [0.05, 0.1) is 6.42 Å². The zero-order chi connectivity index (χ0) is 6.78. The number of hydrogen-bond donors (Lipinski definition) is 0. The molecule has 1 atom stereocenters. The van der Waals surface area contributed by atoms with Crippen LogP contribution in [0.3, 0.4) is 0 Å². The van der Waals surface area contributed by atoms with Crippen molar-refractivity contribution in [3.05, 3.63) is 0 Å². The third kappa shape index (κ3) is 6.04. The minimum absolute atomic E-state index is 1.46. The van der Waals surface area contributed by atoms with E-state index in [9.17, 15) is 18.3 Å². The van der Waals surface area contributed by atoms with Crippen LogP contribution < -0.4 is 0 Å². The minimum atomic E-state index is -4.42. The van der Waals surface area contributed by atoms with Crippen LogP contribution >= 0.6 is 11.6 Å². The van der Waals surface area contributed by atoms with Gasteiger partial charge in [-0.05, 0) is 0 Å². The molecule has 0 aliphatic rings. The lowest BCUT2D eigenvalue weighted by Crippen LogP contribution is -2.13. The van der Waals surface area contributed by atoms with Crippen LogP contribution in [0.5, 0.6) is 0 Å². The molecule has 0 amide bonds. The monoisotopic (exact) mass is 147 g/mol. The average Bonchev–Trinajstić information content (AvgIpc) is 1.21. The second-order valence-corrected chi connectivity index (χ2v) is 1.72. The molecule has 0 bridgehead atoms. The summed E-state index contributed by atoms with van der Waals surface area (Å²) in [6, 6.07) is 0. The van der Waals surface area contributed by atoms with Crippen LogP contribution in [-0.2, 0) is 5.11 Å². The predicted octanol–water partition coefficient (Wildman–Crippen LogP) is 1.93. The number of alkyl halides is 4. The van der Waals surface area contributed by atoms with Gasteiger partial charge in [0.25, 0.3) is 0 Å². The highest BCUT2D eigenvalue weighted by atomic mass is 35.5. The van der Waals surface area contributed by atoms with Crippen LogP contribution in [0.15, 0.2) is 0 Å². The van der Waals surface area contributed by atoms with Crippen molar-refractivity contribution in [1.29, 1.82) is 0 Å². The SMILES string of the molecule is [O]C(Cl)CC(F)(F)F. The Bertz CT molecular complexity index is 69.4. The van der Waals surface area contributed by atoms with Gasteiger partial charge in [-0.25, -0.2) is 5.11 Å². The molecule has 0 saturated carbocycles. The van der Waals surface area contributed by atoms with Crippen molar-refractivity contribution in [2.24, 2.45) is 0 Å². The standard InChI is InChI=1S/C3H3ClF3O/c4-2(8)1-3(5,6)7/h2H,1H2. The van der Waals surface area contributed by atoms with Crippen LogP contribution in [0, 0.1) is 0 Å². The van der Waals surface area contributed by atoms with E-state index in [1.807, 2.05) is 0 Å². The topological polar surface area (TPSA) is 19.9 Å². The largest absolute Gasteiger partial charge is 0.392 e. The molecule has 8 heavy (non-hydrogen) atoms. The summed E-state index contributed by atoms with van der Waals surface area (Å²) in [6.45, 7) is 0. The lowest BCUT2D eigenvalue weighted by Gasteiger charge is -2.03. The van der Waals surface area contributed by atoms with E-state index >= 15 is 0 Å². The molecule has 0 rings (SSSR count). The summed E-state index contributed by atoms with van der Waals surface area (Å²) in [5.41, 5.74) is -2.06. The Balaban J connectivity index is 3.39. The molecule has 1 unspecified atom stereocenters. The molecule has 0 aliphatic heterocycles. The smallest absolute Gasteiger partial charge is 0.215 e. The molecule has 5 heteroatoms. The van der Waals surface area contributed by atoms with E-state index in [2.05, 4.69) is 11.6 Å². The Morgan fingerprint density at radius 2 is 1.88 bits per heavy atom. The van der Waals surface area contributed by atoms with Gasteiger partial charge in [-0.1, -0.05) is 11.6 Å². The van der Waals surface area contributed by atoms with Gasteiger partial charge in [0.15, 0.2) is 5.56 Å². The fraction of sp³-hybridized carbons (Fsp3) is 1.00. The molecule has 1 radical (unpaired) electrons. The van der Waals surface area contributed by atoms with E-state index in [1.165, 1.54) is 0 Å². The molecule has 0 aromatic rings. The summed E-state index contributed by atoms with van der Waals surface area (Å²) in [5, 5.41) is 9.59. The molecule has 0 fully saturated rings. The third-order valence-electron chi connectivity index (χ3n) is 0.392. The highest BCUT2D eigenvalue weighted by molar-refractivity contribution is 6.19. The quantitative estimate of drug-likeness (QED) is 0.505. The van der Waals surface area contributed by atoms with Gasteiger partial charge in [-0.3, -0.25) is 0 Å². The summed E-state index contributed by atoms with van der Waals surface area (Å²) < 4.78 is 33.1. The van der Waals surface area contributed by atoms with Crippen molar-refractivity contribution in [3.63, 3.8) is 0 Å². The maximum absolute atomic E-state index is 11.0. The predicted molar refractivity (Wildman–Crippen MR) is 21.0 cm³/mol. The van der Waals surface area contributed by atoms with Crippen molar-refractivity contribution in [2.45, 2.75) is 18.2 Å². The zero-order valence-corrected chi connectivity index (χ0v) is 4.46. The van der Waals surface area contributed by atoms with E-state index < -0.39 is 18.2 Å². The number of halogens is 4. The highest BCUT2D eigenvalue weighted by Gasteiger charge is 2.30. The van der Waals surface area contributed by atoms with Crippen LogP contribution in [-0.4, -0.2) is 11.7 Å². The van der Waals surface area contributed by atoms with E-state index in [-0.39, 0.29) is 0 Å². The summed E-state index contributed by atoms with van der Waals surface area (Å²) >= 11 is 4.49. The summed E-state index contributed by atoms with van der Waals surface area (Å²) in [6.07, 6.45) is -5.89. The first kappa shape index (κ1) is 8.04. The Labute approximate surface area is 49.1 Å². The van der Waals surface area contributed by atoms with Gasteiger partial charge in [0.1, 0.15) is 0 Å². The zero-order valence-electron chi connectivity index (χ0n) is 3.70. The van der Waals surface area contributed by atoms with Crippen molar-refractivity contribution >= 4 is 11.6 Å². The molecule has 0 saturated heterocycles. The molecule has 0 aliphatic carbocycles. The summed E-state index contributed by atoms with van der Waals surface area (Å²) in [4.78, 5) is 0. The molecule has 0 N–H and O–H groups in total. The Kier molecular flexibility index (Phi) is 2.56. The number of rotatable bonds is 1. The second-order valence-electron chi connectivity index (χ2n) is 1.23. The lowest BCUT2D eigenvalue weighted by atomic mass is 10.4. The third-order valence-corrected chi connectivity index (χ3v) is 0.546. The second kappa shape index (κ2) is 2.55. The van der Waals surface area contributed by atoms with Crippen molar-refractivity contribution in [3.8, 4) is 0 Å². The van der Waals surface area contributed by atoms with Gasteiger partial charge in [0, 0.05) is 0 Å². The van der Waals surface area contributed by atoms with Crippen molar-refractivity contribution in [2.75, 3.05) is 0 Å². The Morgan fingerprint density at radius 1 is 1.50 bits per heavy atom. The van der Waals surface area contributed by atoms with Gasteiger partial charge in [0.2, 0.25) is 0 Å². The van der Waals surface area contributed by atoms with Crippen LogP contribution in [0.2, 0.25) is 0 Å².